The van der Waals surface area contributed by atoms with Gasteiger partial charge in [-0.2, -0.15) is 13.2 Å². The number of hydrogen-bond donors (Lipinski definition) is 1. The van der Waals surface area contributed by atoms with Gasteiger partial charge in [0.15, 0.2) is 0 Å². The Hall–Kier alpha value is -4.69. The fourth-order valence-electron chi connectivity index (χ4n) is 4.22. The van der Waals surface area contributed by atoms with Crippen LogP contribution in [0.4, 0.5) is 28.3 Å². The summed E-state index contributed by atoms with van der Waals surface area (Å²) >= 11 is 0. The molecule has 11 nitrogen and oxygen atoms in total. The molecule has 1 aromatic carbocycles. The Labute approximate surface area is 218 Å². The fourth-order valence-corrected chi connectivity index (χ4v) is 4.22. The molecule has 1 aliphatic rings. The van der Waals surface area contributed by atoms with Crippen molar-refractivity contribution in [2.75, 3.05) is 18.8 Å². The Morgan fingerprint density at radius 3 is 2.44 bits per heavy atom. The number of anilines is 1. The predicted octanol–water partition coefficient (Wildman–Crippen LogP) is 4.41. The van der Waals surface area contributed by atoms with Gasteiger partial charge in [-0.15, -0.1) is 10.2 Å². The zero-order valence-electron chi connectivity index (χ0n) is 20.3. The van der Waals surface area contributed by atoms with Gasteiger partial charge in [-0.25, -0.2) is 29.1 Å². The van der Waals surface area contributed by atoms with E-state index in [1.54, 1.807) is 6.92 Å². The molecule has 0 bridgehead atoms. The van der Waals surface area contributed by atoms with Crippen LogP contribution in [0.3, 0.4) is 0 Å². The van der Waals surface area contributed by atoms with E-state index >= 15 is 0 Å². The normalized spacial score (nSPS) is 14.4. The van der Waals surface area contributed by atoms with Crippen LogP contribution in [0.5, 0.6) is 5.75 Å². The molecule has 1 amide bonds. The Morgan fingerprint density at radius 1 is 1.05 bits per heavy atom. The van der Waals surface area contributed by atoms with Gasteiger partial charge in [-0.3, -0.25) is 0 Å². The molecule has 4 heterocycles. The fraction of sp³-hybridized carbons (Fsp3) is 0.292. The van der Waals surface area contributed by atoms with Crippen LogP contribution in [0.15, 0.2) is 40.9 Å². The number of nitrogen functional groups attached to an aromatic ring is 1. The minimum atomic E-state index is -4.74. The van der Waals surface area contributed by atoms with Gasteiger partial charge in [0.2, 0.25) is 11.8 Å². The zero-order valence-corrected chi connectivity index (χ0v) is 20.3. The summed E-state index contributed by atoms with van der Waals surface area (Å²) in [7, 11) is 0. The van der Waals surface area contributed by atoms with Crippen LogP contribution in [-0.4, -0.2) is 54.2 Å². The highest BCUT2D eigenvalue weighted by molar-refractivity contribution is 5.71. The van der Waals surface area contributed by atoms with E-state index in [1.807, 2.05) is 0 Å². The monoisotopic (exact) mass is 544 g/mol. The average molecular weight is 544 g/mol. The molecule has 1 saturated heterocycles. The summed E-state index contributed by atoms with van der Waals surface area (Å²) in [4.78, 5) is 29.4. The van der Waals surface area contributed by atoms with E-state index in [0.717, 1.165) is 6.20 Å². The molecule has 0 unspecified atom stereocenters. The summed E-state index contributed by atoms with van der Waals surface area (Å²) in [6.45, 7) is 2.34. The van der Waals surface area contributed by atoms with Gasteiger partial charge in [0.05, 0.1) is 17.0 Å². The number of carbonyl (C=O) groups excluding carboxylic acids is 1. The summed E-state index contributed by atoms with van der Waals surface area (Å²) in [6.07, 6.45) is -3.38. The predicted molar refractivity (Wildman–Crippen MR) is 126 cm³/mol. The number of likely N-dealkylation sites (tertiary alicyclic amines) is 1. The van der Waals surface area contributed by atoms with Gasteiger partial charge in [-0.1, -0.05) is 0 Å². The van der Waals surface area contributed by atoms with Crippen LogP contribution in [0, 0.1) is 12.7 Å². The van der Waals surface area contributed by atoms with Crippen molar-refractivity contribution in [3.63, 3.8) is 0 Å². The van der Waals surface area contributed by atoms with Gasteiger partial charge in [-0.05, 0) is 50.1 Å². The van der Waals surface area contributed by atoms with E-state index < -0.39 is 23.9 Å². The second-order valence-electron chi connectivity index (χ2n) is 8.69. The van der Waals surface area contributed by atoms with Crippen LogP contribution in [0.25, 0.3) is 23.0 Å². The second-order valence-corrected chi connectivity index (χ2v) is 8.69. The summed E-state index contributed by atoms with van der Waals surface area (Å²) < 4.78 is 63.2. The topological polar surface area (TPSA) is 146 Å². The number of amides is 1. The number of rotatable bonds is 4. The first-order chi connectivity index (χ1) is 18.6. The molecule has 0 spiro atoms. The number of piperidine rings is 1. The van der Waals surface area contributed by atoms with Crippen molar-refractivity contribution in [1.82, 2.24) is 35.0 Å². The molecular formula is C24H20F4N8O3. The molecular weight excluding hydrogens is 524 g/mol. The van der Waals surface area contributed by atoms with Gasteiger partial charge in [0, 0.05) is 25.2 Å². The molecule has 1 fully saturated rings. The lowest BCUT2D eigenvalue weighted by Gasteiger charge is -2.31. The first-order valence-corrected chi connectivity index (χ1v) is 11.7. The van der Waals surface area contributed by atoms with Crippen LogP contribution >= 0.6 is 0 Å². The molecule has 202 valence electrons. The SMILES string of the molecule is Cc1nc(N)nc(C2CCN(C(=O)Oc3ccc(F)cc3)CC2)c1-c1nnc(-c2ccnc(C(F)(F)F)n2)o1. The van der Waals surface area contributed by atoms with Gasteiger partial charge >= 0.3 is 12.3 Å². The lowest BCUT2D eigenvalue weighted by Crippen LogP contribution is -2.39. The van der Waals surface area contributed by atoms with Crippen molar-refractivity contribution >= 4 is 12.0 Å². The van der Waals surface area contributed by atoms with E-state index in [4.69, 9.17) is 14.9 Å². The van der Waals surface area contributed by atoms with Crippen LogP contribution in [0.2, 0.25) is 0 Å². The maximum Gasteiger partial charge on any atom is 0.451 e. The number of aromatic nitrogens is 6. The third-order valence-electron chi connectivity index (χ3n) is 6.06. The molecule has 2 N–H and O–H groups in total. The summed E-state index contributed by atoms with van der Waals surface area (Å²) in [5.74, 6) is -1.95. The van der Waals surface area contributed by atoms with E-state index in [9.17, 15) is 22.4 Å². The standard InChI is InChI=1S/C24H20F4N8O3/c1-12-17(20-35-34-19(39-20)16-6-9-30-21(32-16)24(26,27)28)18(33-22(29)31-12)13-7-10-36(11-8-13)23(37)38-15-4-2-14(25)3-5-15/h2-6,9,13H,7-8,10-11H2,1H3,(H2,29,31,33). The van der Waals surface area contributed by atoms with Crippen molar-refractivity contribution in [3.8, 4) is 28.8 Å². The van der Waals surface area contributed by atoms with E-state index in [0.29, 0.717) is 42.9 Å². The Kier molecular flexibility index (Phi) is 6.80. The maximum atomic E-state index is 13.1. The highest BCUT2D eigenvalue weighted by Gasteiger charge is 2.35. The van der Waals surface area contributed by atoms with Crippen molar-refractivity contribution < 1.29 is 31.5 Å². The Morgan fingerprint density at radius 2 is 1.74 bits per heavy atom. The van der Waals surface area contributed by atoms with Crippen molar-refractivity contribution in [2.45, 2.75) is 31.9 Å². The number of ether oxygens (including phenoxy) is 1. The number of nitrogens with zero attached hydrogens (tertiary/aromatic N) is 7. The molecule has 15 heteroatoms. The number of alkyl halides is 3. The number of carbonyl (C=O) groups is 1. The van der Waals surface area contributed by atoms with Crippen molar-refractivity contribution in [2.24, 2.45) is 0 Å². The van der Waals surface area contributed by atoms with Gasteiger partial charge in [0.1, 0.15) is 17.3 Å². The first-order valence-electron chi connectivity index (χ1n) is 11.7. The number of hydrogen-bond acceptors (Lipinski definition) is 10. The lowest BCUT2D eigenvalue weighted by molar-refractivity contribution is -0.144. The average Bonchev–Trinajstić information content (AvgIpc) is 3.39. The van der Waals surface area contributed by atoms with Crippen molar-refractivity contribution in [3.05, 3.63) is 59.6 Å². The van der Waals surface area contributed by atoms with Crippen LogP contribution in [0.1, 0.15) is 36.0 Å². The second kappa shape index (κ2) is 10.2. The van der Waals surface area contributed by atoms with Crippen molar-refractivity contribution in [1.29, 1.82) is 0 Å². The molecule has 1 aliphatic heterocycles. The largest absolute Gasteiger partial charge is 0.451 e. The minimum absolute atomic E-state index is 0.0113. The molecule has 0 radical (unpaired) electrons. The van der Waals surface area contributed by atoms with Gasteiger partial charge in [0.25, 0.3) is 11.8 Å². The summed E-state index contributed by atoms with van der Waals surface area (Å²) in [5.41, 5.74) is 7.07. The van der Waals surface area contributed by atoms with E-state index in [-0.39, 0.29) is 35.1 Å². The number of nitrogens with two attached hydrogens (primary N) is 1. The molecule has 0 atom stereocenters. The quantitative estimate of drug-likeness (QED) is 0.367. The molecule has 0 aliphatic carbocycles. The van der Waals surface area contributed by atoms with Crippen LogP contribution in [-0.2, 0) is 6.18 Å². The summed E-state index contributed by atoms with van der Waals surface area (Å²) in [6, 6.07) is 6.34. The molecule has 39 heavy (non-hydrogen) atoms. The maximum absolute atomic E-state index is 13.1. The van der Waals surface area contributed by atoms with Crippen LogP contribution < -0.4 is 10.5 Å². The van der Waals surface area contributed by atoms with E-state index in [2.05, 4.69) is 30.1 Å². The number of benzene rings is 1. The minimum Gasteiger partial charge on any atom is -0.414 e. The first kappa shape index (κ1) is 25.9. The van der Waals surface area contributed by atoms with Gasteiger partial charge < -0.3 is 19.8 Å². The Bertz CT molecular complexity index is 1500. The lowest BCUT2D eigenvalue weighted by atomic mass is 9.90. The third kappa shape index (κ3) is 5.61. The van der Waals surface area contributed by atoms with E-state index in [1.165, 1.54) is 35.2 Å². The molecule has 0 saturated carbocycles. The number of aryl methyl sites for hydroxylation is 1. The zero-order chi connectivity index (χ0) is 27.7. The molecule has 3 aromatic heterocycles. The molecule has 4 aromatic rings. The summed E-state index contributed by atoms with van der Waals surface area (Å²) in [5, 5.41) is 7.87. The smallest absolute Gasteiger partial charge is 0.414 e. The molecule has 5 rings (SSSR count). The third-order valence-corrected chi connectivity index (χ3v) is 6.06. The number of halogens is 4. The highest BCUT2D eigenvalue weighted by Crippen LogP contribution is 2.37. The Balaban J connectivity index is 1.36. The highest BCUT2D eigenvalue weighted by atomic mass is 19.4.